The number of unbranched alkanes of at least 4 members (excludes halogenated alkanes) is 1. The summed E-state index contributed by atoms with van der Waals surface area (Å²) in [5.74, 6) is 0.0207. The van der Waals surface area contributed by atoms with Crippen LogP contribution in [0.15, 0.2) is 16.9 Å². The molecule has 1 unspecified atom stereocenters. The van der Waals surface area contributed by atoms with Crippen molar-refractivity contribution in [2.24, 2.45) is 5.92 Å². The van der Waals surface area contributed by atoms with Gasteiger partial charge in [0, 0.05) is 6.54 Å². The third-order valence-corrected chi connectivity index (χ3v) is 2.71. The molecule has 0 aromatic carbocycles. The average molecular weight is 223 g/mol. The summed E-state index contributed by atoms with van der Waals surface area (Å²) in [6, 6.07) is 0. The summed E-state index contributed by atoms with van der Waals surface area (Å²) >= 11 is 0. The lowest BCUT2D eigenvalue weighted by molar-refractivity contribution is -0.123. The summed E-state index contributed by atoms with van der Waals surface area (Å²) in [4.78, 5) is 11.6. The Balaban J connectivity index is 4.56. The van der Waals surface area contributed by atoms with Gasteiger partial charge in [0.25, 0.3) is 0 Å². The van der Waals surface area contributed by atoms with E-state index in [1.165, 1.54) is 18.4 Å². The van der Waals surface area contributed by atoms with Gasteiger partial charge in [-0.1, -0.05) is 13.3 Å². The molecule has 0 aromatic rings. The van der Waals surface area contributed by atoms with Crippen molar-refractivity contribution >= 4 is 5.91 Å². The van der Waals surface area contributed by atoms with Gasteiger partial charge < -0.3 is 5.32 Å². The summed E-state index contributed by atoms with van der Waals surface area (Å²) in [5, 5.41) is 2.83. The molecule has 0 heterocycles. The molecule has 0 saturated carbocycles. The summed E-state index contributed by atoms with van der Waals surface area (Å²) < 4.78 is 0. The number of rotatable bonds is 6. The van der Waals surface area contributed by atoms with E-state index in [0.717, 1.165) is 12.0 Å². The van der Waals surface area contributed by atoms with Gasteiger partial charge in [-0.05, 0) is 51.7 Å². The highest BCUT2D eigenvalue weighted by Gasteiger charge is 2.12. The molecular formula is C14H25NO. The largest absolute Gasteiger partial charge is 0.356 e. The molecule has 0 saturated heterocycles. The van der Waals surface area contributed by atoms with Crippen LogP contribution in [0.4, 0.5) is 0 Å². The molecule has 0 radical (unpaired) electrons. The van der Waals surface area contributed by atoms with Crippen molar-refractivity contribution in [2.45, 2.75) is 53.9 Å². The summed E-state index contributed by atoms with van der Waals surface area (Å²) in [6.45, 7) is 10.8. The number of carbonyl (C=O) groups excluding carboxylic acids is 1. The van der Waals surface area contributed by atoms with Crippen molar-refractivity contribution in [1.82, 2.24) is 5.32 Å². The van der Waals surface area contributed by atoms with E-state index in [-0.39, 0.29) is 11.8 Å². The fourth-order valence-corrected chi connectivity index (χ4v) is 1.47. The Labute approximate surface area is 99.8 Å². The van der Waals surface area contributed by atoms with Crippen LogP contribution < -0.4 is 5.32 Å². The van der Waals surface area contributed by atoms with Crippen molar-refractivity contribution in [3.63, 3.8) is 0 Å². The molecule has 2 heteroatoms. The first-order valence-corrected chi connectivity index (χ1v) is 6.23. The molecule has 0 spiro atoms. The predicted molar refractivity (Wildman–Crippen MR) is 69.3 cm³/mol. The van der Waals surface area contributed by atoms with Crippen LogP contribution in [-0.4, -0.2) is 12.5 Å². The Bertz CT molecular complexity index is 285. The fourth-order valence-electron chi connectivity index (χ4n) is 1.47. The van der Waals surface area contributed by atoms with E-state index in [1.807, 2.05) is 20.8 Å². The average Bonchev–Trinajstić information content (AvgIpc) is 2.25. The van der Waals surface area contributed by atoms with Crippen molar-refractivity contribution < 1.29 is 4.79 Å². The van der Waals surface area contributed by atoms with Gasteiger partial charge in [-0.3, -0.25) is 4.79 Å². The molecule has 0 bridgehead atoms. The molecule has 0 aromatic heterocycles. The predicted octanol–water partition coefficient (Wildman–Crippen LogP) is 3.44. The van der Waals surface area contributed by atoms with Crippen LogP contribution in [0.25, 0.3) is 0 Å². The van der Waals surface area contributed by atoms with Gasteiger partial charge in [-0.2, -0.15) is 0 Å². The maximum Gasteiger partial charge on any atom is 0.227 e. The molecule has 16 heavy (non-hydrogen) atoms. The standard InChI is InChI=1S/C14H25NO/c1-6-8-9-11(3)10-12(4)13(5)14(16)15-7-2/h13H,6-9H2,1-5H3,(H,15,16). The first-order chi connectivity index (χ1) is 7.52. The Morgan fingerprint density at radius 1 is 1.31 bits per heavy atom. The van der Waals surface area contributed by atoms with Crippen LogP contribution in [-0.2, 0) is 4.79 Å². The number of hydrogen-bond donors (Lipinski definition) is 1. The molecule has 1 N–H and O–H groups in total. The van der Waals surface area contributed by atoms with Gasteiger partial charge in [-0.25, -0.2) is 0 Å². The zero-order chi connectivity index (χ0) is 12.6. The number of hydrogen-bond acceptors (Lipinski definition) is 1. The van der Waals surface area contributed by atoms with Gasteiger partial charge in [0.05, 0.1) is 5.92 Å². The van der Waals surface area contributed by atoms with E-state index >= 15 is 0 Å². The minimum Gasteiger partial charge on any atom is -0.356 e. The first-order valence-electron chi connectivity index (χ1n) is 6.23. The molecule has 1 amide bonds. The lowest BCUT2D eigenvalue weighted by Crippen LogP contribution is -2.29. The molecule has 92 valence electrons. The van der Waals surface area contributed by atoms with Crippen LogP contribution in [0.3, 0.4) is 0 Å². The second kappa shape index (κ2) is 8.18. The molecule has 0 aliphatic carbocycles. The maximum absolute atomic E-state index is 11.6. The zero-order valence-corrected chi connectivity index (χ0v) is 11.3. The molecular weight excluding hydrogens is 198 g/mol. The van der Waals surface area contributed by atoms with E-state index in [4.69, 9.17) is 0 Å². The maximum atomic E-state index is 11.6. The van der Waals surface area contributed by atoms with Crippen molar-refractivity contribution in [1.29, 1.82) is 0 Å². The van der Waals surface area contributed by atoms with Gasteiger partial charge in [0.15, 0.2) is 0 Å². The first kappa shape index (κ1) is 15.0. The second-order valence-electron chi connectivity index (χ2n) is 4.31. The van der Waals surface area contributed by atoms with Crippen LogP contribution in [0.5, 0.6) is 0 Å². The third-order valence-electron chi connectivity index (χ3n) is 2.71. The summed E-state index contributed by atoms with van der Waals surface area (Å²) in [6.07, 6.45) is 3.47. The van der Waals surface area contributed by atoms with E-state index in [1.54, 1.807) is 0 Å². The number of carbonyl (C=O) groups is 1. The van der Waals surface area contributed by atoms with Crippen LogP contribution in [0, 0.1) is 5.92 Å². The topological polar surface area (TPSA) is 29.1 Å². The van der Waals surface area contributed by atoms with E-state index in [9.17, 15) is 4.79 Å². The Kier molecular flexibility index (Phi) is 7.66. The van der Waals surface area contributed by atoms with E-state index < -0.39 is 0 Å². The fraction of sp³-hybridized carbons (Fsp3) is 0.714. The monoisotopic (exact) mass is 223 g/mol. The summed E-state index contributed by atoms with van der Waals surface area (Å²) in [7, 11) is 0. The van der Waals surface area contributed by atoms with Crippen molar-refractivity contribution in [3.05, 3.63) is 16.9 Å². The van der Waals surface area contributed by atoms with Crippen LogP contribution >= 0.6 is 0 Å². The molecule has 0 aliphatic heterocycles. The minimum atomic E-state index is -0.0727. The number of nitrogens with one attached hydrogen (secondary N) is 1. The SMILES string of the molecule is CCCCC(C)=C=C(C)C(C)C(=O)NCC. The normalized spacial score (nSPS) is 11.6. The van der Waals surface area contributed by atoms with E-state index in [0.29, 0.717) is 6.54 Å². The molecule has 1 atom stereocenters. The van der Waals surface area contributed by atoms with Crippen molar-refractivity contribution in [2.75, 3.05) is 6.54 Å². The highest BCUT2D eigenvalue weighted by atomic mass is 16.1. The molecule has 0 aliphatic rings. The third kappa shape index (κ3) is 5.77. The molecule has 0 rings (SSSR count). The van der Waals surface area contributed by atoms with Crippen LogP contribution in [0.1, 0.15) is 53.9 Å². The zero-order valence-electron chi connectivity index (χ0n) is 11.3. The van der Waals surface area contributed by atoms with Gasteiger partial charge >= 0.3 is 0 Å². The second-order valence-corrected chi connectivity index (χ2v) is 4.31. The van der Waals surface area contributed by atoms with Gasteiger partial charge in [0.2, 0.25) is 5.91 Å². The quantitative estimate of drug-likeness (QED) is 0.687. The Morgan fingerprint density at radius 3 is 2.44 bits per heavy atom. The van der Waals surface area contributed by atoms with Gasteiger partial charge in [-0.15, -0.1) is 5.73 Å². The highest BCUT2D eigenvalue weighted by molar-refractivity contribution is 5.80. The number of amides is 1. The Morgan fingerprint density at radius 2 is 1.94 bits per heavy atom. The lowest BCUT2D eigenvalue weighted by atomic mass is 10.0. The van der Waals surface area contributed by atoms with Crippen molar-refractivity contribution in [3.8, 4) is 0 Å². The molecule has 2 nitrogen and oxygen atoms in total. The van der Waals surface area contributed by atoms with E-state index in [2.05, 4.69) is 24.9 Å². The minimum absolute atomic E-state index is 0.0727. The summed E-state index contributed by atoms with van der Waals surface area (Å²) in [5.41, 5.74) is 5.60. The highest BCUT2D eigenvalue weighted by Crippen LogP contribution is 2.11. The smallest absolute Gasteiger partial charge is 0.227 e. The lowest BCUT2D eigenvalue weighted by Gasteiger charge is -2.10. The van der Waals surface area contributed by atoms with Gasteiger partial charge in [0.1, 0.15) is 0 Å². The molecule has 0 fully saturated rings. The van der Waals surface area contributed by atoms with Crippen LogP contribution in [0.2, 0.25) is 0 Å². The Hall–Kier alpha value is -1.01.